The van der Waals surface area contributed by atoms with Crippen LogP contribution in [0.4, 0.5) is 0 Å². The SMILES string of the molecule is COC(=O)[C@H](CC(C)C)NC(=O)CNC(=O)CCc1ccccc1. The maximum atomic E-state index is 11.9. The number of esters is 1. The average Bonchev–Trinajstić information content (AvgIpc) is 2.57. The highest BCUT2D eigenvalue weighted by atomic mass is 16.5. The smallest absolute Gasteiger partial charge is 0.328 e. The molecule has 0 bridgehead atoms. The van der Waals surface area contributed by atoms with Gasteiger partial charge in [-0.1, -0.05) is 44.2 Å². The summed E-state index contributed by atoms with van der Waals surface area (Å²) < 4.78 is 4.69. The molecule has 0 saturated heterocycles. The van der Waals surface area contributed by atoms with Crippen molar-refractivity contribution in [2.24, 2.45) is 5.92 Å². The van der Waals surface area contributed by atoms with Gasteiger partial charge >= 0.3 is 5.97 Å². The van der Waals surface area contributed by atoms with E-state index in [-0.39, 0.29) is 18.4 Å². The molecular weight excluding hydrogens is 308 g/mol. The minimum absolute atomic E-state index is 0.154. The van der Waals surface area contributed by atoms with Crippen LogP contribution in [-0.2, 0) is 25.5 Å². The molecule has 0 saturated carbocycles. The number of nitrogens with one attached hydrogen (secondary N) is 2. The van der Waals surface area contributed by atoms with Crippen LogP contribution in [0.3, 0.4) is 0 Å². The van der Waals surface area contributed by atoms with Gasteiger partial charge in [-0.15, -0.1) is 0 Å². The molecule has 0 aromatic heterocycles. The van der Waals surface area contributed by atoms with Crippen molar-refractivity contribution in [3.63, 3.8) is 0 Å². The van der Waals surface area contributed by atoms with Crippen LogP contribution in [0, 0.1) is 5.92 Å². The molecule has 0 aliphatic carbocycles. The monoisotopic (exact) mass is 334 g/mol. The molecule has 0 heterocycles. The molecule has 1 aromatic rings. The van der Waals surface area contributed by atoms with Crippen LogP contribution in [0.2, 0.25) is 0 Å². The lowest BCUT2D eigenvalue weighted by Gasteiger charge is -2.18. The van der Waals surface area contributed by atoms with Gasteiger partial charge in [0.2, 0.25) is 11.8 Å². The predicted molar refractivity (Wildman–Crippen MR) is 91.2 cm³/mol. The van der Waals surface area contributed by atoms with Crippen molar-refractivity contribution in [1.29, 1.82) is 0 Å². The predicted octanol–water partition coefficient (Wildman–Crippen LogP) is 1.44. The van der Waals surface area contributed by atoms with Crippen LogP contribution < -0.4 is 10.6 Å². The Morgan fingerprint density at radius 3 is 2.33 bits per heavy atom. The fourth-order valence-electron chi connectivity index (χ4n) is 2.24. The Kier molecular flexibility index (Phi) is 8.54. The van der Waals surface area contributed by atoms with Gasteiger partial charge in [0.25, 0.3) is 0 Å². The zero-order valence-electron chi connectivity index (χ0n) is 14.5. The van der Waals surface area contributed by atoms with Crippen molar-refractivity contribution in [3.05, 3.63) is 35.9 Å². The Morgan fingerprint density at radius 1 is 1.08 bits per heavy atom. The van der Waals surface area contributed by atoms with Crippen LogP contribution in [0.5, 0.6) is 0 Å². The number of ether oxygens (including phenoxy) is 1. The van der Waals surface area contributed by atoms with Gasteiger partial charge in [-0.25, -0.2) is 4.79 Å². The molecule has 0 aliphatic heterocycles. The van der Waals surface area contributed by atoms with Gasteiger partial charge in [0, 0.05) is 6.42 Å². The van der Waals surface area contributed by atoms with E-state index in [1.165, 1.54) is 7.11 Å². The lowest BCUT2D eigenvalue weighted by Crippen LogP contribution is -2.46. The highest BCUT2D eigenvalue weighted by Crippen LogP contribution is 2.06. The molecule has 2 amide bonds. The van der Waals surface area contributed by atoms with Crippen molar-refractivity contribution in [2.75, 3.05) is 13.7 Å². The summed E-state index contributed by atoms with van der Waals surface area (Å²) in [7, 11) is 1.28. The molecule has 6 nitrogen and oxygen atoms in total. The summed E-state index contributed by atoms with van der Waals surface area (Å²) in [5.74, 6) is -0.853. The van der Waals surface area contributed by atoms with Gasteiger partial charge in [0.1, 0.15) is 6.04 Å². The number of carbonyl (C=O) groups excluding carboxylic acids is 3. The summed E-state index contributed by atoms with van der Waals surface area (Å²) in [4.78, 5) is 35.3. The van der Waals surface area contributed by atoms with Gasteiger partial charge in [-0.05, 0) is 24.3 Å². The number of methoxy groups -OCH3 is 1. The maximum Gasteiger partial charge on any atom is 0.328 e. The Hall–Kier alpha value is -2.37. The average molecular weight is 334 g/mol. The van der Waals surface area contributed by atoms with Crippen LogP contribution >= 0.6 is 0 Å². The quantitative estimate of drug-likeness (QED) is 0.669. The number of amides is 2. The topological polar surface area (TPSA) is 84.5 Å². The first-order chi connectivity index (χ1) is 11.4. The van der Waals surface area contributed by atoms with Gasteiger partial charge < -0.3 is 15.4 Å². The summed E-state index contributed by atoms with van der Waals surface area (Å²) >= 11 is 0. The highest BCUT2D eigenvalue weighted by molar-refractivity contribution is 5.88. The van der Waals surface area contributed by atoms with E-state index in [9.17, 15) is 14.4 Å². The summed E-state index contributed by atoms with van der Waals surface area (Å²) in [6.45, 7) is 3.75. The Labute approximate surface area is 143 Å². The molecule has 1 aromatic carbocycles. The van der Waals surface area contributed by atoms with E-state index in [0.29, 0.717) is 19.3 Å². The largest absolute Gasteiger partial charge is 0.467 e. The van der Waals surface area contributed by atoms with E-state index in [1.807, 2.05) is 44.2 Å². The molecule has 2 N–H and O–H groups in total. The molecule has 0 radical (unpaired) electrons. The summed E-state index contributed by atoms with van der Waals surface area (Å²) in [5, 5.41) is 5.17. The van der Waals surface area contributed by atoms with Gasteiger partial charge in [0.15, 0.2) is 0 Å². The van der Waals surface area contributed by atoms with Gasteiger partial charge in [0.05, 0.1) is 13.7 Å². The molecule has 0 aliphatic rings. The lowest BCUT2D eigenvalue weighted by atomic mass is 10.0. The summed E-state index contributed by atoms with van der Waals surface area (Å²) in [5.41, 5.74) is 1.07. The van der Waals surface area contributed by atoms with E-state index < -0.39 is 17.9 Å². The van der Waals surface area contributed by atoms with E-state index in [4.69, 9.17) is 0 Å². The van der Waals surface area contributed by atoms with Crippen LogP contribution in [0.15, 0.2) is 30.3 Å². The Morgan fingerprint density at radius 2 is 1.75 bits per heavy atom. The molecular formula is C18H26N2O4. The first-order valence-corrected chi connectivity index (χ1v) is 8.10. The van der Waals surface area contributed by atoms with Crippen molar-refractivity contribution in [1.82, 2.24) is 10.6 Å². The first-order valence-electron chi connectivity index (χ1n) is 8.10. The van der Waals surface area contributed by atoms with Crippen molar-refractivity contribution in [3.8, 4) is 0 Å². The normalized spacial score (nSPS) is 11.7. The molecule has 0 fully saturated rings. The molecule has 1 rings (SSSR count). The van der Waals surface area contributed by atoms with E-state index in [0.717, 1.165) is 5.56 Å². The van der Waals surface area contributed by atoms with Crippen LogP contribution in [0.1, 0.15) is 32.3 Å². The number of hydrogen-bond donors (Lipinski definition) is 2. The van der Waals surface area contributed by atoms with Gasteiger partial charge in [-0.3, -0.25) is 9.59 Å². The number of aryl methyl sites for hydroxylation is 1. The zero-order chi connectivity index (χ0) is 17.9. The number of benzene rings is 1. The molecule has 24 heavy (non-hydrogen) atoms. The third-order valence-electron chi connectivity index (χ3n) is 3.46. The minimum Gasteiger partial charge on any atom is -0.467 e. The van der Waals surface area contributed by atoms with E-state index in [1.54, 1.807) is 0 Å². The number of carbonyl (C=O) groups is 3. The van der Waals surface area contributed by atoms with Crippen molar-refractivity contribution < 1.29 is 19.1 Å². The summed E-state index contributed by atoms with van der Waals surface area (Å²) in [6, 6.07) is 8.97. The fraction of sp³-hybridized carbons (Fsp3) is 0.500. The molecule has 0 spiro atoms. The second kappa shape index (κ2) is 10.4. The van der Waals surface area contributed by atoms with Crippen molar-refractivity contribution in [2.45, 2.75) is 39.2 Å². The molecule has 132 valence electrons. The van der Waals surface area contributed by atoms with E-state index in [2.05, 4.69) is 15.4 Å². The minimum atomic E-state index is -0.691. The first kappa shape index (κ1) is 19.7. The number of hydrogen-bond acceptors (Lipinski definition) is 4. The van der Waals surface area contributed by atoms with Crippen molar-refractivity contribution >= 4 is 17.8 Å². The van der Waals surface area contributed by atoms with Crippen LogP contribution in [0.25, 0.3) is 0 Å². The fourth-order valence-corrected chi connectivity index (χ4v) is 2.24. The second-order valence-electron chi connectivity index (χ2n) is 6.04. The summed E-state index contributed by atoms with van der Waals surface area (Å²) in [6.07, 6.45) is 1.41. The highest BCUT2D eigenvalue weighted by Gasteiger charge is 2.22. The second-order valence-corrected chi connectivity index (χ2v) is 6.04. The Bertz CT molecular complexity index is 543. The zero-order valence-corrected chi connectivity index (χ0v) is 14.5. The molecule has 0 unspecified atom stereocenters. The number of rotatable bonds is 9. The van der Waals surface area contributed by atoms with E-state index >= 15 is 0 Å². The lowest BCUT2D eigenvalue weighted by molar-refractivity contribution is -0.145. The van der Waals surface area contributed by atoms with Gasteiger partial charge in [-0.2, -0.15) is 0 Å². The molecule has 6 heteroatoms. The maximum absolute atomic E-state index is 11.9. The third kappa shape index (κ3) is 7.76. The van der Waals surface area contributed by atoms with Crippen LogP contribution in [-0.4, -0.2) is 37.5 Å². The standard InChI is InChI=1S/C18H26N2O4/c1-13(2)11-15(18(23)24-3)20-17(22)12-19-16(21)10-9-14-7-5-4-6-8-14/h4-8,13,15H,9-12H2,1-3H3,(H,19,21)(H,20,22)/t15-/m0/s1. The Balaban J connectivity index is 2.35. The third-order valence-corrected chi connectivity index (χ3v) is 3.46. The molecule has 1 atom stereocenters.